The molecule has 1 aliphatic rings. The molecule has 2 aromatic rings. The standard InChI is InChI=1S/C20H20ClFN2O4/c1-27-15-3-5-16(6-4-15)28-13-19(25)23-8-10-24(11-9-23)20(26)17-12-14(21)2-7-18(17)22/h2-7,12H,8-11,13H2,1H3. The van der Waals surface area contributed by atoms with Crippen molar-refractivity contribution in [2.45, 2.75) is 0 Å². The minimum atomic E-state index is -0.610. The van der Waals surface area contributed by atoms with E-state index < -0.39 is 11.7 Å². The molecule has 0 atom stereocenters. The molecule has 2 amide bonds. The van der Waals surface area contributed by atoms with E-state index in [0.717, 1.165) is 0 Å². The Morgan fingerprint density at radius 1 is 1.00 bits per heavy atom. The van der Waals surface area contributed by atoms with Gasteiger partial charge in [0.2, 0.25) is 0 Å². The summed E-state index contributed by atoms with van der Waals surface area (Å²) in [6, 6.07) is 10.8. The number of methoxy groups -OCH3 is 1. The Kier molecular flexibility index (Phi) is 6.36. The molecular weight excluding hydrogens is 387 g/mol. The van der Waals surface area contributed by atoms with Crippen molar-refractivity contribution >= 4 is 23.4 Å². The van der Waals surface area contributed by atoms with E-state index in [-0.39, 0.29) is 18.1 Å². The number of benzene rings is 2. The minimum absolute atomic E-state index is 0.0601. The third-order valence-corrected chi connectivity index (χ3v) is 4.74. The fraction of sp³-hybridized carbons (Fsp3) is 0.300. The van der Waals surface area contributed by atoms with Crippen molar-refractivity contribution in [2.24, 2.45) is 0 Å². The molecule has 0 bridgehead atoms. The van der Waals surface area contributed by atoms with Gasteiger partial charge in [-0.2, -0.15) is 0 Å². The van der Waals surface area contributed by atoms with Gasteiger partial charge in [-0.1, -0.05) is 11.6 Å². The van der Waals surface area contributed by atoms with Crippen LogP contribution in [-0.4, -0.2) is 61.5 Å². The van der Waals surface area contributed by atoms with E-state index in [9.17, 15) is 14.0 Å². The number of carbonyl (C=O) groups excluding carboxylic acids is 2. The van der Waals surface area contributed by atoms with Gasteiger partial charge >= 0.3 is 0 Å². The van der Waals surface area contributed by atoms with Crippen LogP contribution in [0.5, 0.6) is 11.5 Å². The second-order valence-electron chi connectivity index (χ2n) is 6.26. The van der Waals surface area contributed by atoms with Gasteiger partial charge < -0.3 is 19.3 Å². The Balaban J connectivity index is 1.50. The van der Waals surface area contributed by atoms with Crippen LogP contribution in [0.4, 0.5) is 4.39 Å². The number of piperazine rings is 1. The Labute approximate surface area is 167 Å². The molecule has 1 aliphatic heterocycles. The summed E-state index contributed by atoms with van der Waals surface area (Å²) in [4.78, 5) is 28.0. The first-order valence-corrected chi connectivity index (χ1v) is 9.14. The van der Waals surface area contributed by atoms with E-state index in [4.69, 9.17) is 21.1 Å². The van der Waals surface area contributed by atoms with E-state index in [1.54, 1.807) is 36.3 Å². The zero-order chi connectivity index (χ0) is 20.1. The number of rotatable bonds is 5. The van der Waals surface area contributed by atoms with Crippen molar-refractivity contribution in [3.05, 3.63) is 58.9 Å². The number of carbonyl (C=O) groups is 2. The zero-order valence-corrected chi connectivity index (χ0v) is 16.1. The average Bonchev–Trinajstić information content (AvgIpc) is 2.73. The lowest BCUT2D eigenvalue weighted by Gasteiger charge is -2.34. The molecule has 8 heteroatoms. The van der Waals surface area contributed by atoms with E-state index in [1.165, 1.54) is 23.1 Å². The number of amides is 2. The Bertz CT molecular complexity index is 852. The van der Waals surface area contributed by atoms with Crippen molar-refractivity contribution in [1.29, 1.82) is 0 Å². The summed E-state index contributed by atoms with van der Waals surface area (Å²) < 4.78 is 24.5. The molecule has 2 aromatic carbocycles. The van der Waals surface area contributed by atoms with Crippen LogP contribution in [0.25, 0.3) is 0 Å². The lowest BCUT2D eigenvalue weighted by molar-refractivity contribution is -0.134. The summed E-state index contributed by atoms with van der Waals surface area (Å²) in [5.41, 5.74) is -0.0601. The number of hydrogen-bond acceptors (Lipinski definition) is 4. The molecule has 0 saturated carbocycles. The molecule has 0 aliphatic carbocycles. The largest absolute Gasteiger partial charge is 0.497 e. The molecule has 1 saturated heterocycles. The van der Waals surface area contributed by atoms with Gasteiger partial charge in [0.15, 0.2) is 6.61 Å². The van der Waals surface area contributed by atoms with Gasteiger partial charge in [0.25, 0.3) is 11.8 Å². The van der Waals surface area contributed by atoms with Gasteiger partial charge in [-0.3, -0.25) is 9.59 Å². The van der Waals surface area contributed by atoms with Gasteiger partial charge in [0.1, 0.15) is 17.3 Å². The van der Waals surface area contributed by atoms with Gasteiger partial charge in [-0.15, -0.1) is 0 Å². The zero-order valence-electron chi connectivity index (χ0n) is 15.4. The average molecular weight is 407 g/mol. The summed E-state index contributed by atoms with van der Waals surface area (Å²) in [5.74, 6) is 0.0641. The third kappa shape index (κ3) is 4.72. The van der Waals surface area contributed by atoms with Crippen molar-refractivity contribution < 1.29 is 23.5 Å². The Morgan fingerprint density at radius 2 is 1.61 bits per heavy atom. The highest BCUT2D eigenvalue weighted by atomic mass is 35.5. The predicted octanol–water partition coefficient (Wildman–Crippen LogP) is 2.85. The van der Waals surface area contributed by atoms with Crippen LogP contribution in [0.3, 0.4) is 0 Å². The van der Waals surface area contributed by atoms with E-state index in [0.29, 0.717) is 42.7 Å². The number of ether oxygens (including phenoxy) is 2. The normalized spacial score (nSPS) is 14.0. The Morgan fingerprint density at radius 3 is 2.25 bits per heavy atom. The van der Waals surface area contributed by atoms with E-state index in [2.05, 4.69) is 0 Å². The highest BCUT2D eigenvalue weighted by Gasteiger charge is 2.26. The molecule has 0 radical (unpaired) electrons. The quantitative estimate of drug-likeness (QED) is 0.766. The summed E-state index contributed by atoms with van der Waals surface area (Å²) >= 11 is 5.86. The SMILES string of the molecule is COc1ccc(OCC(=O)N2CCN(C(=O)c3cc(Cl)ccc3F)CC2)cc1. The molecule has 0 unspecified atom stereocenters. The van der Waals surface area contributed by atoms with Gasteiger partial charge in [0.05, 0.1) is 12.7 Å². The number of nitrogens with zero attached hydrogens (tertiary/aromatic N) is 2. The van der Waals surface area contributed by atoms with Crippen LogP contribution < -0.4 is 9.47 Å². The topological polar surface area (TPSA) is 59.1 Å². The predicted molar refractivity (Wildman–Crippen MR) is 102 cm³/mol. The second-order valence-corrected chi connectivity index (χ2v) is 6.70. The lowest BCUT2D eigenvalue weighted by Crippen LogP contribution is -2.51. The van der Waals surface area contributed by atoms with Crippen molar-refractivity contribution in [1.82, 2.24) is 9.80 Å². The van der Waals surface area contributed by atoms with E-state index in [1.807, 2.05) is 0 Å². The fourth-order valence-corrected chi connectivity index (χ4v) is 3.07. The Hall–Kier alpha value is -2.80. The molecule has 3 rings (SSSR count). The first kappa shape index (κ1) is 19.9. The van der Waals surface area contributed by atoms with E-state index >= 15 is 0 Å². The third-order valence-electron chi connectivity index (χ3n) is 4.50. The van der Waals surface area contributed by atoms with Crippen molar-refractivity contribution in [2.75, 3.05) is 39.9 Å². The fourth-order valence-electron chi connectivity index (χ4n) is 2.90. The molecule has 0 spiro atoms. The minimum Gasteiger partial charge on any atom is -0.497 e. The van der Waals surface area contributed by atoms with Crippen LogP contribution in [0.15, 0.2) is 42.5 Å². The van der Waals surface area contributed by atoms with Crippen LogP contribution in [0.1, 0.15) is 10.4 Å². The molecule has 0 N–H and O–H groups in total. The maximum atomic E-state index is 13.9. The smallest absolute Gasteiger partial charge is 0.260 e. The summed E-state index contributed by atoms with van der Waals surface area (Å²) in [6.07, 6.45) is 0. The monoisotopic (exact) mass is 406 g/mol. The van der Waals surface area contributed by atoms with Crippen LogP contribution in [0.2, 0.25) is 5.02 Å². The molecule has 0 aromatic heterocycles. The van der Waals surface area contributed by atoms with Crippen molar-refractivity contribution in [3.63, 3.8) is 0 Å². The van der Waals surface area contributed by atoms with Crippen LogP contribution >= 0.6 is 11.6 Å². The maximum absolute atomic E-state index is 13.9. The molecule has 6 nitrogen and oxygen atoms in total. The molecule has 28 heavy (non-hydrogen) atoms. The molecular formula is C20H20ClFN2O4. The first-order chi connectivity index (χ1) is 13.5. The number of hydrogen-bond donors (Lipinski definition) is 0. The maximum Gasteiger partial charge on any atom is 0.260 e. The molecule has 148 valence electrons. The first-order valence-electron chi connectivity index (χ1n) is 8.77. The highest BCUT2D eigenvalue weighted by molar-refractivity contribution is 6.31. The summed E-state index contributed by atoms with van der Waals surface area (Å²) in [7, 11) is 1.57. The lowest BCUT2D eigenvalue weighted by atomic mass is 10.1. The van der Waals surface area contributed by atoms with Gasteiger partial charge in [-0.25, -0.2) is 4.39 Å². The van der Waals surface area contributed by atoms with Gasteiger partial charge in [0, 0.05) is 31.2 Å². The second kappa shape index (κ2) is 8.93. The van der Waals surface area contributed by atoms with Crippen molar-refractivity contribution in [3.8, 4) is 11.5 Å². The summed E-state index contributed by atoms with van der Waals surface area (Å²) in [6.45, 7) is 1.26. The number of halogens is 2. The highest BCUT2D eigenvalue weighted by Crippen LogP contribution is 2.19. The van der Waals surface area contributed by atoms with Gasteiger partial charge in [-0.05, 0) is 42.5 Å². The van der Waals surface area contributed by atoms with Crippen LogP contribution in [0, 0.1) is 5.82 Å². The van der Waals surface area contributed by atoms with Crippen LogP contribution in [-0.2, 0) is 4.79 Å². The molecule has 1 fully saturated rings. The molecule has 1 heterocycles. The summed E-state index contributed by atoms with van der Waals surface area (Å²) in [5, 5.41) is 0.300.